The summed E-state index contributed by atoms with van der Waals surface area (Å²) in [5, 5.41) is 18.1. The van der Waals surface area contributed by atoms with Crippen LogP contribution in [0.5, 0.6) is 11.5 Å². The highest BCUT2D eigenvalue weighted by molar-refractivity contribution is 5.91. The van der Waals surface area contributed by atoms with Crippen molar-refractivity contribution in [3.8, 4) is 17.6 Å². The van der Waals surface area contributed by atoms with Gasteiger partial charge in [-0.25, -0.2) is 4.79 Å². The highest BCUT2D eigenvalue weighted by atomic mass is 16.5. The number of nitrogens with zero attached hydrogens (tertiary/aromatic N) is 1. The standard InChI is InChI=1S/C17H15NO4/c1-21-16-13(9-10-18)14(17(19)20)7-8-15(16)22-11-12-5-3-2-4-6-12/h2-8H,9,11H2,1H3,(H,19,20). The number of benzene rings is 2. The maximum Gasteiger partial charge on any atom is 0.336 e. The molecule has 0 aliphatic carbocycles. The molecule has 112 valence electrons. The SMILES string of the molecule is COc1c(OCc2ccccc2)ccc(C(=O)O)c1CC#N. The van der Waals surface area contributed by atoms with Gasteiger partial charge in [0.05, 0.1) is 25.2 Å². The first-order valence-corrected chi connectivity index (χ1v) is 6.64. The second kappa shape index (κ2) is 7.14. The third-order valence-corrected chi connectivity index (χ3v) is 3.15. The number of hydrogen-bond donors (Lipinski definition) is 1. The summed E-state index contributed by atoms with van der Waals surface area (Å²) in [5.74, 6) is -0.392. The summed E-state index contributed by atoms with van der Waals surface area (Å²) >= 11 is 0. The van der Waals surface area contributed by atoms with E-state index < -0.39 is 5.97 Å². The van der Waals surface area contributed by atoms with Crippen LogP contribution >= 0.6 is 0 Å². The van der Waals surface area contributed by atoms with Crippen molar-refractivity contribution < 1.29 is 19.4 Å². The molecule has 0 aliphatic heterocycles. The molecule has 1 N–H and O–H groups in total. The van der Waals surface area contributed by atoms with E-state index in [9.17, 15) is 9.90 Å². The second-order valence-electron chi connectivity index (χ2n) is 4.54. The van der Waals surface area contributed by atoms with Crippen LogP contribution in [-0.4, -0.2) is 18.2 Å². The van der Waals surface area contributed by atoms with Gasteiger partial charge in [-0.2, -0.15) is 5.26 Å². The average Bonchev–Trinajstić information content (AvgIpc) is 2.53. The molecule has 0 bridgehead atoms. The van der Waals surface area contributed by atoms with E-state index in [0.29, 0.717) is 17.9 Å². The predicted octanol–water partition coefficient (Wildman–Crippen LogP) is 3.04. The highest BCUT2D eigenvalue weighted by Gasteiger charge is 2.19. The Kier molecular flexibility index (Phi) is 4.99. The van der Waals surface area contributed by atoms with E-state index in [4.69, 9.17) is 14.7 Å². The zero-order chi connectivity index (χ0) is 15.9. The van der Waals surface area contributed by atoms with Crippen molar-refractivity contribution in [3.63, 3.8) is 0 Å². The van der Waals surface area contributed by atoms with Gasteiger partial charge in [0.15, 0.2) is 11.5 Å². The first-order valence-electron chi connectivity index (χ1n) is 6.64. The van der Waals surface area contributed by atoms with Crippen LogP contribution in [0.25, 0.3) is 0 Å². The van der Waals surface area contributed by atoms with Crippen LogP contribution in [0.15, 0.2) is 42.5 Å². The summed E-state index contributed by atoms with van der Waals surface area (Å²) in [6, 6.07) is 14.5. The first kappa shape index (κ1) is 15.4. The quantitative estimate of drug-likeness (QED) is 0.886. The van der Waals surface area contributed by atoms with Crippen LogP contribution < -0.4 is 9.47 Å². The van der Waals surface area contributed by atoms with Crippen molar-refractivity contribution in [2.24, 2.45) is 0 Å². The van der Waals surface area contributed by atoms with E-state index in [1.807, 2.05) is 36.4 Å². The van der Waals surface area contributed by atoms with Crippen LogP contribution in [0, 0.1) is 11.3 Å². The molecule has 0 unspecified atom stereocenters. The minimum absolute atomic E-state index is 0.0467. The van der Waals surface area contributed by atoms with Gasteiger partial charge in [-0.1, -0.05) is 30.3 Å². The molecular formula is C17H15NO4. The van der Waals surface area contributed by atoms with Gasteiger partial charge >= 0.3 is 5.97 Å². The van der Waals surface area contributed by atoms with E-state index in [1.165, 1.54) is 13.2 Å². The van der Waals surface area contributed by atoms with Crippen molar-refractivity contribution >= 4 is 5.97 Å². The fourth-order valence-electron chi connectivity index (χ4n) is 2.13. The van der Waals surface area contributed by atoms with E-state index in [-0.39, 0.29) is 17.7 Å². The molecule has 2 rings (SSSR count). The monoisotopic (exact) mass is 297 g/mol. The second-order valence-corrected chi connectivity index (χ2v) is 4.54. The topological polar surface area (TPSA) is 79.6 Å². The Hall–Kier alpha value is -3.00. The number of methoxy groups -OCH3 is 1. The van der Waals surface area contributed by atoms with Gasteiger partial charge in [-0.3, -0.25) is 0 Å². The number of nitriles is 1. The predicted molar refractivity (Wildman–Crippen MR) is 80.0 cm³/mol. The minimum atomic E-state index is -1.10. The van der Waals surface area contributed by atoms with E-state index >= 15 is 0 Å². The molecule has 5 heteroatoms. The van der Waals surface area contributed by atoms with Gasteiger partial charge in [0.2, 0.25) is 0 Å². The van der Waals surface area contributed by atoms with Gasteiger partial charge in [-0.15, -0.1) is 0 Å². The molecule has 5 nitrogen and oxygen atoms in total. The normalized spacial score (nSPS) is 9.82. The van der Waals surface area contributed by atoms with Gasteiger partial charge in [-0.05, 0) is 17.7 Å². The van der Waals surface area contributed by atoms with Crippen LogP contribution in [0.1, 0.15) is 21.5 Å². The molecule has 0 aliphatic rings. The average molecular weight is 297 g/mol. The molecule has 0 amide bonds. The van der Waals surface area contributed by atoms with E-state index in [2.05, 4.69) is 0 Å². The number of rotatable bonds is 6. The van der Waals surface area contributed by atoms with E-state index in [0.717, 1.165) is 5.56 Å². The Labute approximate surface area is 128 Å². The van der Waals surface area contributed by atoms with Gasteiger partial charge in [0, 0.05) is 5.56 Å². The highest BCUT2D eigenvalue weighted by Crippen LogP contribution is 2.34. The Balaban J connectivity index is 2.33. The number of aromatic carboxylic acids is 1. The molecule has 0 saturated carbocycles. The van der Waals surface area contributed by atoms with Crippen molar-refractivity contribution in [1.82, 2.24) is 0 Å². The largest absolute Gasteiger partial charge is 0.493 e. The van der Waals surface area contributed by atoms with Crippen LogP contribution in [0.3, 0.4) is 0 Å². The van der Waals surface area contributed by atoms with Crippen LogP contribution in [-0.2, 0) is 13.0 Å². The van der Waals surface area contributed by atoms with Crippen molar-refractivity contribution in [2.45, 2.75) is 13.0 Å². The smallest absolute Gasteiger partial charge is 0.336 e. The lowest BCUT2D eigenvalue weighted by atomic mass is 10.0. The van der Waals surface area contributed by atoms with Crippen LogP contribution in [0.2, 0.25) is 0 Å². The maximum atomic E-state index is 11.2. The summed E-state index contributed by atoms with van der Waals surface area (Å²) in [6.07, 6.45) is -0.0622. The Morgan fingerprint density at radius 3 is 2.55 bits per heavy atom. The lowest BCUT2D eigenvalue weighted by Crippen LogP contribution is -2.06. The number of carboxylic acid groups (broad SMARTS) is 1. The molecule has 0 saturated heterocycles. The molecular weight excluding hydrogens is 282 g/mol. The first-order chi connectivity index (χ1) is 10.7. The molecule has 0 heterocycles. The molecule has 22 heavy (non-hydrogen) atoms. The van der Waals surface area contributed by atoms with Crippen molar-refractivity contribution in [1.29, 1.82) is 5.26 Å². The number of carbonyl (C=O) groups is 1. The lowest BCUT2D eigenvalue weighted by Gasteiger charge is -2.15. The zero-order valence-corrected chi connectivity index (χ0v) is 12.1. The molecule has 2 aromatic rings. The minimum Gasteiger partial charge on any atom is -0.493 e. The maximum absolute atomic E-state index is 11.2. The number of ether oxygens (including phenoxy) is 2. The molecule has 0 spiro atoms. The molecule has 0 radical (unpaired) electrons. The molecule has 0 aromatic heterocycles. The summed E-state index contributed by atoms with van der Waals surface area (Å²) in [7, 11) is 1.43. The Morgan fingerprint density at radius 1 is 1.23 bits per heavy atom. The lowest BCUT2D eigenvalue weighted by molar-refractivity contribution is 0.0695. The van der Waals surface area contributed by atoms with Gasteiger partial charge < -0.3 is 14.6 Å². The van der Waals surface area contributed by atoms with Crippen molar-refractivity contribution in [3.05, 3.63) is 59.2 Å². The van der Waals surface area contributed by atoms with Crippen molar-refractivity contribution in [2.75, 3.05) is 7.11 Å². The fourth-order valence-corrected chi connectivity index (χ4v) is 2.13. The third-order valence-electron chi connectivity index (χ3n) is 3.15. The van der Waals surface area contributed by atoms with E-state index in [1.54, 1.807) is 6.07 Å². The van der Waals surface area contributed by atoms with Crippen LogP contribution in [0.4, 0.5) is 0 Å². The summed E-state index contributed by atoms with van der Waals surface area (Å²) in [4.78, 5) is 11.2. The summed E-state index contributed by atoms with van der Waals surface area (Å²) < 4.78 is 11.0. The number of hydrogen-bond acceptors (Lipinski definition) is 4. The summed E-state index contributed by atoms with van der Waals surface area (Å²) in [6.45, 7) is 0.329. The van der Waals surface area contributed by atoms with Gasteiger partial charge in [0.1, 0.15) is 6.61 Å². The molecule has 0 fully saturated rings. The zero-order valence-electron chi connectivity index (χ0n) is 12.1. The van der Waals surface area contributed by atoms with Gasteiger partial charge in [0.25, 0.3) is 0 Å². The fraction of sp³-hybridized carbons (Fsp3) is 0.176. The summed E-state index contributed by atoms with van der Waals surface area (Å²) in [5.41, 5.74) is 1.35. The number of carboxylic acids is 1. The molecule has 2 aromatic carbocycles. The Morgan fingerprint density at radius 2 is 1.95 bits per heavy atom. The molecule has 0 atom stereocenters. The third kappa shape index (κ3) is 3.36. The Bertz CT molecular complexity index is 705.